The number of hydrogen-bond donors (Lipinski definition) is 1. The van der Waals surface area contributed by atoms with Crippen LogP contribution >= 0.6 is 11.6 Å². The van der Waals surface area contributed by atoms with Gasteiger partial charge in [0.2, 0.25) is 5.91 Å². The van der Waals surface area contributed by atoms with Crippen molar-refractivity contribution in [3.8, 4) is 0 Å². The minimum Gasteiger partial charge on any atom is -0.341 e. The van der Waals surface area contributed by atoms with E-state index in [2.05, 4.69) is 5.32 Å². The van der Waals surface area contributed by atoms with Gasteiger partial charge in [0.15, 0.2) is 0 Å². The fourth-order valence-corrected chi connectivity index (χ4v) is 3.86. The molecular weight excluding hydrogens is 391 g/mol. The van der Waals surface area contributed by atoms with Crippen molar-refractivity contribution in [3.05, 3.63) is 70.5 Å². The first-order valence-electron chi connectivity index (χ1n) is 9.96. The third-order valence-electron chi connectivity index (χ3n) is 5.45. The monoisotopic (exact) mass is 416 g/mol. The Morgan fingerprint density at radius 2 is 1.76 bits per heavy atom. The number of piperidine rings is 1. The van der Waals surface area contributed by atoms with Crippen molar-refractivity contribution in [2.24, 2.45) is 5.92 Å². The van der Waals surface area contributed by atoms with Gasteiger partial charge >= 0.3 is 0 Å². The minimum absolute atomic E-state index is 0.0750. The van der Waals surface area contributed by atoms with Gasteiger partial charge in [-0.25, -0.2) is 4.39 Å². The second-order valence-electron chi connectivity index (χ2n) is 7.86. The molecule has 6 heteroatoms. The van der Waals surface area contributed by atoms with Crippen LogP contribution in [0.5, 0.6) is 0 Å². The Bertz CT molecular complexity index is 861. The largest absolute Gasteiger partial charge is 0.341 e. The third-order valence-corrected chi connectivity index (χ3v) is 5.71. The molecule has 2 aromatic carbocycles. The number of carbonyl (C=O) groups excluding carboxylic acids is 2. The summed E-state index contributed by atoms with van der Waals surface area (Å²) in [6.45, 7) is 5.08. The lowest BCUT2D eigenvalue weighted by Gasteiger charge is -2.35. The highest BCUT2D eigenvalue weighted by atomic mass is 35.5. The summed E-state index contributed by atoms with van der Waals surface area (Å²) < 4.78 is 13.4. The molecule has 154 valence electrons. The first kappa shape index (κ1) is 21.3. The lowest BCUT2D eigenvalue weighted by atomic mass is 9.89. The highest BCUT2D eigenvalue weighted by molar-refractivity contribution is 6.30. The number of halogens is 2. The lowest BCUT2D eigenvalue weighted by molar-refractivity contribution is -0.135. The van der Waals surface area contributed by atoms with Gasteiger partial charge < -0.3 is 10.2 Å². The van der Waals surface area contributed by atoms with E-state index in [-0.39, 0.29) is 17.4 Å². The summed E-state index contributed by atoms with van der Waals surface area (Å²) in [5.74, 6) is -0.675. The van der Waals surface area contributed by atoms with E-state index in [9.17, 15) is 14.0 Å². The molecule has 29 heavy (non-hydrogen) atoms. The van der Waals surface area contributed by atoms with Gasteiger partial charge in [-0.15, -0.1) is 0 Å². The molecule has 0 bridgehead atoms. The van der Waals surface area contributed by atoms with Crippen LogP contribution in [0.2, 0.25) is 5.02 Å². The fourth-order valence-electron chi connectivity index (χ4n) is 3.73. The van der Waals surface area contributed by atoms with E-state index in [0.717, 1.165) is 17.9 Å². The molecule has 3 rings (SSSR count). The Morgan fingerprint density at radius 1 is 1.10 bits per heavy atom. The van der Waals surface area contributed by atoms with Crippen LogP contribution in [0.3, 0.4) is 0 Å². The summed E-state index contributed by atoms with van der Waals surface area (Å²) in [6.07, 6.45) is 1.74. The molecule has 0 spiro atoms. The van der Waals surface area contributed by atoms with Crippen LogP contribution in [0.15, 0.2) is 48.5 Å². The molecular formula is C23H26ClFN2O2. The first-order chi connectivity index (χ1) is 13.8. The van der Waals surface area contributed by atoms with Gasteiger partial charge in [-0.1, -0.05) is 43.6 Å². The Labute approximate surface area is 176 Å². The summed E-state index contributed by atoms with van der Waals surface area (Å²) in [4.78, 5) is 27.4. The van der Waals surface area contributed by atoms with Gasteiger partial charge in [0.1, 0.15) is 11.9 Å². The molecule has 0 aliphatic carbocycles. The zero-order valence-corrected chi connectivity index (χ0v) is 17.5. The molecule has 2 aromatic rings. The molecule has 4 nitrogen and oxygen atoms in total. The van der Waals surface area contributed by atoms with Gasteiger partial charge in [0.25, 0.3) is 5.91 Å². The maximum absolute atomic E-state index is 13.4. The van der Waals surface area contributed by atoms with Gasteiger partial charge in [-0.3, -0.25) is 9.59 Å². The third kappa shape index (κ3) is 5.36. The molecule has 1 aliphatic rings. The van der Waals surface area contributed by atoms with Crippen LogP contribution in [0, 0.1) is 11.7 Å². The number of amides is 2. The van der Waals surface area contributed by atoms with Crippen molar-refractivity contribution in [1.82, 2.24) is 10.2 Å². The number of benzene rings is 2. The van der Waals surface area contributed by atoms with E-state index in [1.807, 2.05) is 43.0 Å². The average Bonchev–Trinajstić information content (AvgIpc) is 2.72. The second kappa shape index (κ2) is 9.40. The van der Waals surface area contributed by atoms with Crippen molar-refractivity contribution < 1.29 is 14.0 Å². The number of rotatable bonds is 5. The molecule has 1 saturated heterocycles. The molecule has 2 amide bonds. The van der Waals surface area contributed by atoms with E-state index >= 15 is 0 Å². The molecule has 0 saturated carbocycles. The van der Waals surface area contributed by atoms with Crippen molar-refractivity contribution in [2.45, 2.75) is 38.6 Å². The van der Waals surface area contributed by atoms with Crippen molar-refractivity contribution in [1.29, 1.82) is 0 Å². The molecule has 1 N–H and O–H groups in total. The highest BCUT2D eigenvalue weighted by Gasteiger charge is 2.31. The predicted molar refractivity (Wildman–Crippen MR) is 112 cm³/mol. The molecule has 1 aliphatic heterocycles. The van der Waals surface area contributed by atoms with Crippen LogP contribution in [0.25, 0.3) is 0 Å². The zero-order chi connectivity index (χ0) is 21.0. The topological polar surface area (TPSA) is 49.4 Å². The van der Waals surface area contributed by atoms with E-state index in [1.165, 1.54) is 29.8 Å². The summed E-state index contributed by atoms with van der Waals surface area (Å²) in [7, 11) is 0. The normalized spacial score (nSPS) is 16.0. The van der Waals surface area contributed by atoms with Crippen LogP contribution < -0.4 is 5.32 Å². The SMILES string of the molecule is CC(C)C(NC(=O)c1cccc(F)c1)C(=O)N1CCC(c2ccc(Cl)cc2)CC1. The van der Waals surface area contributed by atoms with Gasteiger partial charge in [0, 0.05) is 23.7 Å². The number of hydrogen-bond acceptors (Lipinski definition) is 2. The summed E-state index contributed by atoms with van der Waals surface area (Å²) in [5.41, 5.74) is 1.45. The quantitative estimate of drug-likeness (QED) is 0.771. The molecule has 1 fully saturated rings. The van der Waals surface area contributed by atoms with Gasteiger partial charge in [-0.2, -0.15) is 0 Å². The Morgan fingerprint density at radius 3 is 2.34 bits per heavy atom. The van der Waals surface area contributed by atoms with E-state index in [4.69, 9.17) is 11.6 Å². The minimum atomic E-state index is -0.641. The van der Waals surface area contributed by atoms with Crippen molar-refractivity contribution in [2.75, 3.05) is 13.1 Å². The Hall–Kier alpha value is -2.40. The smallest absolute Gasteiger partial charge is 0.252 e. The number of carbonyl (C=O) groups is 2. The average molecular weight is 417 g/mol. The Kier molecular flexibility index (Phi) is 6.91. The summed E-state index contributed by atoms with van der Waals surface area (Å²) >= 11 is 5.97. The second-order valence-corrected chi connectivity index (χ2v) is 8.29. The van der Waals surface area contributed by atoms with Gasteiger partial charge in [0.05, 0.1) is 0 Å². The summed E-state index contributed by atoms with van der Waals surface area (Å²) in [6, 6.07) is 12.7. The number of likely N-dealkylation sites (tertiary alicyclic amines) is 1. The van der Waals surface area contributed by atoms with E-state index in [0.29, 0.717) is 19.0 Å². The number of nitrogens with zero attached hydrogens (tertiary/aromatic N) is 1. The fraction of sp³-hybridized carbons (Fsp3) is 0.391. The first-order valence-corrected chi connectivity index (χ1v) is 10.3. The molecule has 0 aromatic heterocycles. The zero-order valence-electron chi connectivity index (χ0n) is 16.7. The molecule has 1 unspecified atom stereocenters. The van der Waals surface area contributed by atoms with Crippen molar-refractivity contribution in [3.63, 3.8) is 0 Å². The van der Waals surface area contributed by atoms with Crippen LogP contribution in [-0.2, 0) is 4.79 Å². The molecule has 1 heterocycles. The maximum atomic E-state index is 13.4. The van der Waals surface area contributed by atoms with Crippen LogP contribution in [-0.4, -0.2) is 35.8 Å². The molecule has 0 radical (unpaired) electrons. The highest BCUT2D eigenvalue weighted by Crippen LogP contribution is 2.29. The van der Waals surface area contributed by atoms with Crippen LogP contribution in [0.1, 0.15) is 48.5 Å². The number of nitrogens with one attached hydrogen (secondary N) is 1. The Balaban J connectivity index is 1.62. The molecule has 1 atom stereocenters. The standard InChI is InChI=1S/C23H26ClFN2O2/c1-15(2)21(26-22(28)18-4-3-5-20(25)14-18)23(29)27-12-10-17(11-13-27)16-6-8-19(24)9-7-16/h3-9,14-15,17,21H,10-13H2,1-2H3,(H,26,28). The van der Waals surface area contributed by atoms with E-state index < -0.39 is 17.8 Å². The van der Waals surface area contributed by atoms with Gasteiger partial charge in [-0.05, 0) is 60.6 Å². The summed E-state index contributed by atoms with van der Waals surface area (Å²) in [5, 5.41) is 3.51. The lowest BCUT2D eigenvalue weighted by Crippen LogP contribution is -2.52. The van der Waals surface area contributed by atoms with Crippen LogP contribution in [0.4, 0.5) is 4.39 Å². The van der Waals surface area contributed by atoms with E-state index in [1.54, 1.807) is 0 Å². The van der Waals surface area contributed by atoms with Crippen molar-refractivity contribution >= 4 is 23.4 Å². The predicted octanol–water partition coefficient (Wildman–Crippen LogP) is 4.64. The maximum Gasteiger partial charge on any atom is 0.252 e.